The molecule has 5 nitrogen and oxygen atoms in total. The number of likely N-dealkylation sites (tertiary alicyclic amines) is 1. The van der Waals surface area contributed by atoms with Crippen LogP contribution in [0.25, 0.3) is 0 Å². The number of benzene rings is 2. The Morgan fingerprint density at radius 3 is 2.48 bits per heavy atom. The van der Waals surface area contributed by atoms with Gasteiger partial charge in [-0.1, -0.05) is 23.8 Å². The second-order valence-corrected chi connectivity index (χ2v) is 8.27. The van der Waals surface area contributed by atoms with Crippen molar-refractivity contribution in [2.45, 2.75) is 39.8 Å². The molecule has 5 heteroatoms. The summed E-state index contributed by atoms with van der Waals surface area (Å²) in [5.74, 6) is -0.0887. The Hall–Kier alpha value is -2.66. The van der Waals surface area contributed by atoms with Crippen LogP contribution in [0.2, 0.25) is 0 Å². The number of aryl methyl sites for hydroxylation is 2. The van der Waals surface area contributed by atoms with Gasteiger partial charge in [0, 0.05) is 32.2 Å². The summed E-state index contributed by atoms with van der Waals surface area (Å²) in [5, 5.41) is 10.5. The molecular formula is C24H29N3O2. The van der Waals surface area contributed by atoms with E-state index in [1.54, 1.807) is 13.1 Å². The molecule has 2 aliphatic rings. The normalized spacial score (nSPS) is 17.1. The van der Waals surface area contributed by atoms with Crippen molar-refractivity contribution in [2.24, 2.45) is 4.99 Å². The van der Waals surface area contributed by atoms with Crippen molar-refractivity contribution < 1.29 is 9.90 Å². The lowest BCUT2D eigenvalue weighted by Crippen LogP contribution is -2.29. The highest BCUT2D eigenvalue weighted by Gasteiger charge is 2.27. The van der Waals surface area contributed by atoms with Gasteiger partial charge in [-0.2, -0.15) is 0 Å². The molecule has 2 heterocycles. The minimum atomic E-state index is -0.130. The molecule has 2 aromatic carbocycles. The molecule has 1 fully saturated rings. The van der Waals surface area contributed by atoms with Crippen molar-refractivity contribution in [1.29, 1.82) is 0 Å². The number of carbonyl (C=O) groups is 1. The molecule has 0 saturated carbocycles. The average molecular weight is 392 g/mol. The second kappa shape index (κ2) is 7.99. The third kappa shape index (κ3) is 3.92. The lowest BCUT2D eigenvalue weighted by molar-refractivity contribution is 0.0748. The third-order valence-electron chi connectivity index (χ3n) is 6.10. The maximum atomic E-state index is 13.3. The van der Waals surface area contributed by atoms with Gasteiger partial charge in [0.15, 0.2) is 0 Å². The first-order valence-electron chi connectivity index (χ1n) is 10.4. The minimum Gasteiger partial charge on any atom is -0.507 e. The van der Waals surface area contributed by atoms with Crippen LogP contribution in [0.15, 0.2) is 35.3 Å². The number of rotatable bonds is 4. The van der Waals surface area contributed by atoms with Crippen LogP contribution in [-0.4, -0.2) is 53.2 Å². The summed E-state index contributed by atoms with van der Waals surface area (Å²) in [6.07, 6.45) is 2.45. The Bertz CT molecular complexity index is 974. The number of aliphatic imine (C=N–C) groups is 1. The van der Waals surface area contributed by atoms with Gasteiger partial charge in [0.1, 0.15) is 5.75 Å². The van der Waals surface area contributed by atoms with Gasteiger partial charge in [-0.15, -0.1) is 0 Å². The molecule has 4 rings (SSSR count). The van der Waals surface area contributed by atoms with Crippen LogP contribution in [0.3, 0.4) is 0 Å². The summed E-state index contributed by atoms with van der Waals surface area (Å²) in [6.45, 7) is 8.16. The fourth-order valence-corrected chi connectivity index (χ4v) is 4.44. The van der Waals surface area contributed by atoms with Gasteiger partial charge >= 0.3 is 0 Å². The topological polar surface area (TPSA) is 56.1 Å². The predicted octanol–water partition coefficient (Wildman–Crippen LogP) is 3.68. The molecule has 0 atom stereocenters. The fraction of sp³-hybridized carbons (Fsp3) is 0.417. The van der Waals surface area contributed by atoms with Gasteiger partial charge in [-0.05, 0) is 68.6 Å². The highest BCUT2D eigenvalue weighted by atomic mass is 16.3. The van der Waals surface area contributed by atoms with E-state index >= 15 is 0 Å². The van der Waals surface area contributed by atoms with Gasteiger partial charge in [-0.3, -0.25) is 14.7 Å². The van der Waals surface area contributed by atoms with Gasteiger partial charge in [0.2, 0.25) is 0 Å². The molecule has 2 aliphatic heterocycles. The van der Waals surface area contributed by atoms with Gasteiger partial charge in [0.25, 0.3) is 5.91 Å². The molecule has 0 aliphatic carbocycles. The number of fused-ring (bicyclic) bond motifs is 1. The summed E-state index contributed by atoms with van der Waals surface area (Å²) in [4.78, 5) is 22.0. The van der Waals surface area contributed by atoms with Crippen molar-refractivity contribution >= 4 is 11.6 Å². The first-order chi connectivity index (χ1) is 14.0. The average Bonchev–Trinajstić information content (AvgIpc) is 3.35. The van der Waals surface area contributed by atoms with Crippen LogP contribution < -0.4 is 0 Å². The van der Waals surface area contributed by atoms with Crippen LogP contribution in [-0.2, 0) is 13.1 Å². The summed E-state index contributed by atoms with van der Waals surface area (Å²) >= 11 is 0. The summed E-state index contributed by atoms with van der Waals surface area (Å²) in [6, 6.07) is 9.85. The highest BCUT2D eigenvalue weighted by Crippen LogP contribution is 2.29. The molecule has 2 aromatic rings. The number of hydrogen-bond acceptors (Lipinski definition) is 4. The zero-order valence-electron chi connectivity index (χ0n) is 17.5. The molecule has 0 unspecified atom stereocenters. The molecule has 1 N–H and O–H groups in total. The quantitative estimate of drug-likeness (QED) is 0.809. The molecule has 1 saturated heterocycles. The van der Waals surface area contributed by atoms with Gasteiger partial charge in [0.05, 0.1) is 11.3 Å². The van der Waals surface area contributed by atoms with Crippen LogP contribution in [0.4, 0.5) is 0 Å². The predicted molar refractivity (Wildman–Crippen MR) is 116 cm³/mol. The standard InChI is InChI=1S/C24H29N3O2/c1-16-6-7-18-13-27(14-19(18)10-16)24(29)21-12-20(17(2)11-23(21)28)22(25-3)15-26-8-4-5-9-26/h6-7,10-12,28H,4-5,8-9,13-15H2,1-3H3. The van der Waals surface area contributed by atoms with Crippen LogP contribution in [0.1, 0.15) is 51.0 Å². The molecule has 1 amide bonds. The largest absolute Gasteiger partial charge is 0.507 e. The van der Waals surface area contributed by atoms with E-state index in [1.807, 2.05) is 17.9 Å². The molecule has 0 aromatic heterocycles. The van der Waals surface area contributed by atoms with E-state index in [1.165, 1.54) is 29.5 Å². The van der Waals surface area contributed by atoms with Crippen LogP contribution in [0, 0.1) is 13.8 Å². The first kappa shape index (κ1) is 19.6. The molecular weight excluding hydrogens is 362 g/mol. The lowest BCUT2D eigenvalue weighted by Gasteiger charge is -2.20. The van der Waals surface area contributed by atoms with Crippen molar-refractivity contribution in [3.05, 3.63) is 63.7 Å². The van der Waals surface area contributed by atoms with Crippen molar-refractivity contribution in [1.82, 2.24) is 9.80 Å². The van der Waals surface area contributed by atoms with Crippen LogP contribution in [0.5, 0.6) is 5.75 Å². The Morgan fingerprint density at radius 2 is 1.76 bits per heavy atom. The Balaban J connectivity index is 1.60. The Morgan fingerprint density at radius 1 is 1.03 bits per heavy atom. The number of aromatic hydroxyl groups is 1. The maximum Gasteiger partial charge on any atom is 0.258 e. The van der Waals surface area contributed by atoms with Crippen molar-refractivity contribution in [2.75, 3.05) is 26.7 Å². The zero-order valence-corrected chi connectivity index (χ0v) is 17.5. The van der Waals surface area contributed by atoms with Crippen LogP contribution >= 0.6 is 0 Å². The summed E-state index contributed by atoms with van der Waals surface area (Å²) < 4.78 is 0. The minimum absolute atomic E-state index is 0.0417. The Labute approximate surface area is 172 Å². The van der Waals surface area contributed by atoms with E-state index in [0.29, 0.717) is 18.7 Å². The molecule has 29 heavy (non-hydrogen) atoms. The number of phenolic OH excluding ortho intramolecular Hbond substituents is 1. The number of carbonyl (C=O) groups excluding carboxylic acids is 1. The van der Waals surface area contributed by atoms with Crippen molar-refractivity contribution in [3.63, 3.8) is 0 Å². The van der Waals surface area contributed by atoms with E-state index in [-0.39, 0.29) is 11.7 Å². The van der Waals surface area contributed by atoms with Gasteiger partial charge < -0.3 is 10.0 Å². The van der Waals surface area contributed by atoms with E-state index in [0.717, 1.165) is 36.5 Å². The van der Waals surface area contributed by atoms with E-state index in [9.17, 15) is 9.90 Å². The first-order valence-corrected chi connectivity index (χ1v) is 10.4. The highest BCUT2D eigenvalue weighted by molar-refractivity contribution is 6.06. The van der Waals surface area contributed by atoms with E-state index in [4.69, 9.17) is 0 Å². The van der Waals surface area contributed by atoms with Crippen molar-refractivity contribution in [3.8, 4) is 5.75 Å². The monoisotopic (exact) mass is 391 g/mol. The van der Waals surface area contributed by atoms with E-state index < -0.39 is 0 Å². The van der Waals surface area contributed by atoms with E-state index in [2.05, 4.69) is 35.0 Å². The fourth-order valence-electron chi connectivity index (χ4n) is 4.44. The Kier molecular flexibility index (Phi) is 5.41. The second-order valence-electron chi connectivity index (χ2n) is 8.27. The molecule has 0 radical (unpaired) electrons. The maximum absolute atomic E-state index is 13.3. The van der Waals surface area contributed by atoms with Gasteiger partial charge in [-0.25, -0.2) is 0 Å². The number of hydrogen-bond donors (Lipinski definition) is 1. The SMILES string of the molecule is CN=C(CN1CCCC1)c1cc(C(=O)N2Cc3ccc(C)cc3C2)c(O)cc1C. The third-order valence-corrected chi connectivity index (χ3v) is 6.10. The summed E-state index contributed by atoms with van der Waals surface area (Å²) in [7, 11) is 1.80. The zero-order chi connectivity index (χ0) is 20.5. The molecule has 0 bridgehead atoms. The smallest absolute Gasteiger partial charge is 0.258 e. The number of nitrogens with zero attached hydrogens (tertiary/aromatic N) is 3. The lowest BCUT2D eigenvalue weighted by atomic mass is 9.98. The summed E-state index contributed by atoms with van der Waals surface area (Å²) in [5.41, 5.74) is 6.80. The number of phenols is 1. The molecule has 152 valence electrons. The molecule has 0 spiro atoms. The number of amides is 1.